The van der Waals surface area contributed by atoms with Crippen LogP contribution in [-0.4, -0.2) is 5.11 Å². The molecule has 1 fully saturated rings. The van der Waals surface area contributed by atoms with Crippen LogP contribution in [0.4, 0.5) is 13.2 Å². The smallest absolute Gasteiger partial charge is 0 e. The van der Waals surface area contributed by atoms with E-state index < -0.39 is 11.7 Å². The van der Waals surface area contributed by atoms with Crippen LogP contribution >= 0.6 is 0 Å². The molecule has 0 aromatic heterocycles. The molecule has 1 aromatic rings. The summed E-state index contributed by atoms with van der Waals surface area (Å²) in [4.78, 5) is 0. The van der Waals surface area contributed by atoms with Crippen molar-refractivity contribution in [3.8, 4) is 0 Å². The second-order valence-corrected chi connectivity index (χ2v) is 3.77. The molecular formula is C16H10F3MnO4. The third-order valence-corrected chi connectivity index (χ3v) is 2.60. The summed E-state index contributed by atoms with van der Waals surface area (Å²) in [7, 11) is 0. The van der Waals surface area contributed by atoms with Crippen molar-refractivity contribution in [3.05, 3.63) is 87.1 Å². The van der Waals surface area contributed by atoms with Gasteiger partial charge in [-0.3, -0.25) is 0 Å². The molecule has 0 bridgehead atoms. The number of hydrogen-bond donors (Lipinski definition) is 1. The Hall–Kier alpha value is -1.29. The Morgan fingerprint density at radius 3 is 1.71 bits per heavy atom. The summed E-state index contributed by atoms with van der Waals surface area (Å²) in [6, 6.07) is 4.81. The van der Waals surface area contributed by atoms with Crippen LogP contribution in [0.5, 0.6) is 0 Å². The maximum Gasteiger partial charge on any atom is 0 e. The van der Waals surface area contributed by atoms with Gasteiger partial charge in [-0.2, -0.15) is 13.2 Å². The molecule has 0 spiro atoms. The van der Waals surface area contributed by atoms with Gasteiger partial charge in [0, 0.05) is 29.4 Å². The molecule has 0 aliphatic heterocycles. The fraction of sp³-hybridized carbons (Fsp3) is 0.125. The van der Waals surface area contributed by atoms with Crippen LogP contribution < -0.4 is 0 Å². The van der Waals surface area contributed by atoms with E-state index in [1.54, 1.807) is 19.3 Å². The number of benzene rings is 1. The van der Waals surface area contributed by atoms with E-state index >= 15 is 0 Å². The fourth-order valence-corrected chi connectivity index (χ4v) is 1.69. The van der Waals surface area contributed by atoms with Gasteiger partial charge in [-0.05, 0) is 37.0 Å². The Morgan fingerprint density at radius 2 is 1.33 bits per heavy atom. The number of hydrogen-bond acceptors (Lipinski definition) is 1. The van der Waals surface area contributed by atoms with Crippen molar-refractivity contribution in [1.82, 2.24) is 0 Å². The molecule has 6 radical (unpaired) electrons. The van der Waals surface area contributed by atoms with Crippen molar-refractivity contribution in [2.45, 2.75) is 12.1 Å². The van der Waals surface area contributed by atoms with Crippen molar-refractivity contribution in [2.75, 3.05) is 0 Å². The van der Waals surface area contributed by atoms with Gasteiger partial charge in [0.05, 0.1) is 5.56 Å². The van der Waals surface area contributed by atoms with Crippen molar-refractivity contribution in [3.63, 3.8) is 0 Å². The largest absolute Gasteiger partial charge is 0 e. The molecule has 1 aliphatic carbocycles. The maximum absolute atomic E-state index is 12.4. The van der Waals surface area contributed by atoms with Gasteiger partial charge in [-0.1, -0.05) is 12.1 Å². The third kappa shape index (κ3) is 9.11. The van der Waals surface area contributed by atoms with E-state index in [4.69, 9.17) is 14.0 Å². The Kier molecular flexibility index (Phi) is 17.5. The predicted molar refractivity (Wildman–Crippen MR) is 68.4 cm³/mol. The van der Waals surface area contributed by atoms with Crippen molar-refractivity contribution in [1.29, 1.82) is 0 Å². The van der Waals surface area contributed by atoms with Crippen LogP contribution in [-0.2, 0) is 37.2 Å². The molecule has 1 N–H and O–H groups in total. The Labute approximate surface area is 149 Å². The van der Waals surface area contributed by atoms with E-state index in [-0.39, 0.29) is 29.1 Å². The molecule has 0 amide bonds. The average Bonchev–Trinajstić information content (AvgIpc) is 2.60. The third-order valence-electron chi connectivity index (χ3n) is 2.60. The minimum atomic E-state index is -4.33. The quantitative estimate of drug-likeness (QED) is 0.454. The molecular weight excluding hydrogens is 368 g/mol. The molecule has 24 heavy (non-hydrogen) atoms. The number of rotatable bonds is 1. The van der Waals surface area contributed by atoms with Gasteiger partial charge in [0.25, 0.3) is 0 Å². The second-order valence-electron chi connectivity index (χ2n) is 3.77. The first kappa shape index (κ1) is 27.6. The molecule has 1 saturated carbocycles. The zero-order valence-corrected chi connectivity index (χ0v) is 13.1. The fourth-order valence-electron chi connectivity index (χ4n) is 1.69. The topological polar surface area (TPSA) is 79.9 Å². The summed E-state index contributed by atoms with van der Waals surface area (Å²) in [5.41, 5.74) is -0.0489. The second kappa shape index (κ2) is 15.2. The van der Waals surface area contributed by atoms with Crippen LogP contribution in [0.2, 0.25) is 0 Å². The van der Waals surface area contributed by atoms with E-state index in [9.17, 15) is 18.3 Å². The van der Waals surface area contributed by atoms with Gasteiger partial charge < -0.3 is 5.11 Å². The molecule has 8 heteroatoms. The van der Waals surface area contributed by atoms with Crippen LogP contribution in [0.3, 0.4) is 0 Å². The molecule has 1 atom stereocenters. The SMILES string of the molecule is O[C]1[CH][CH][CH][CH]C1c1ccc(C(F)(F)F)cc1.[C-]#[O+].[C-]#[O+].[C-]#[O+].[Mn]. The van der Waals surface area contributed by atoms with Gasteiger partial charge in [-0.15, -0.1) is 0 Å². The molecule has 1 aromatic carbocycles. The number of aliphatic hydroxyl groups is 1. The number of alkyl halides is 3. The van der Waals surface area contributed by atoms with Crippen molar-refractivity contribution < 1.29 is 49.3 Å². The Balaban J connectivity index is -0.000000569. The van der Waals surface area contributed by atoms with Crippen LogP contribution in [0.15, 0.2) is 24.3 Å². The number of halogens is 3. The minimum absolute atomic E-state index is 0. The van der Waals surface area contributed by atoms with Crippen molar-refractivity contribution in [2.24, 2.45) is 0 Å². The molecule has 4 nitrogen and oxygen atoms in total. The zero-order valence-electron chi connectivity index (χ0n) is 11.9. The maximum atomic E-state index is 12.4. The summed E-state index contributed by atoms with van der Waals surface area (Å²) in [5, 5.41) is 9.61. The van der Waals surface area contributed by atoms with Gasteiger partial charge in [0.15, 0.2) is 0 Å². The monoisotopic (exact) mass is 378 g/mol. The summed E-state index contributed by atoms with van der Waals surface area (Å²) in [6.07, 6.45) is 2.50. The molecule has 2 rings (SSSR count). The molecule has 0 heterocycles. The van der Waals surface area contributed by atoms with E-state index in [0.29, 0.717) is 5.56 Å². The standard InChI is InChI=1S/C13H10F3O.3CO.Mn/c14-13(15,16)10-7-5-9(6-8-10)11-3-1-2-4-12(11)17;3*1-2;/h1-8,11,17H;;;;. The summed E-state index contributed by atoms with van der Waals surface area (Å²) >= 11 is 0. The minimum Gasteiger partial charge on any atom is 0 e. The molecule has 126 valence electrons. The first-order valence-electron chi connectivity index (χ1n) is 5.67. The summed E-state index contributed by atoms with van der Waals surface area (Å²) in [6.45, 7) is 13.5. The van der Waals surface area contributed by atoms with E-state index in [2.05, 4.69) is 20.0 Å². The number of aliphatic hydroxyl groups excluding tert-OH is 1. The molecule has 1 unspecified atom stereocenters. The van der Waals surface area contributed by atoms with E-state index in [1.807, 2.05) is 0 Å². The van der Waals surface area contributed by atoms with Crippen LogP contribution in [0, 0.1) is 51.7 Å². The molecule has 0 saturated heterocycles. The summed E-state index contributed by atoms with van der Waals surface area (Å²) < 4.78 is 59.6. The van der Waals surface area contributed by atoms with Gasteiger partial charge in [0.1, 0.15) is 6.10 Å². The average molecular weight is 378 g/mol. The first-order chi connectivity index (χ1) is 11.0. The van der Waals surface area contributed by atoms with Crippen molar-refractivity contribution >= 4 is 0 Å². The van der Waals surface area contributed by atoms with Gasteiger partial charge in [0.2, 0.25) is 0 Å². The first-order valence-corrected chi connectivity index (χ1v) is 5.67. The summed E-state index contributed by atoms with van der Waals surface area (Å²) in [5.74, 6) is -0.359. The molecule has 1 aliphatic rings. The van der Waals surface area contributed by atoms with Crippen LogP contribution in [0.25, 0.3) is 0 Å². The van der Waals surface area contributed by atoms with Gasteiger partial charge in [-0.25, -0.2) is 0 Å². The Morgan fingerprint density at radius 1 is 0.875 bits per heavy atom. The Bertz CT molecular complexity index is 481. The normalized spacial score (nSPS) is 16.3. The van der Waals surface area contributed by atoms with E-state index in [1.165, 1.54) is 18.6 Å². The van der Waals surface area contributed by atoms with Crippen LogP contribution in [0.1, 0.15) is 17.0 Å². The zero-order chi connectivity index (χ0) is 18.5. The van der Waals surface area contributed by atoms with Gasteiger partial charge >= 0.3 is 40.1 Å². The van der Waals surface area contributed by atoms with E-state index in [0.717, 1.165) is 12.1 Å². The predicted octanol–water partition coefficient (Wildman–Crippen LogP) is 3.41.